The molecule has 0 unspecified atom stereocenters. The van der Waals surface area contributed by atoms with Gasteiger partial charge in [0.1, 0.15) is 11.5 Å². The van der Waals surface area contributed by atoms with E-state index in [0.717, 1.165) is 66.1 Å². The molecule has 214 valence electrons. The maximum atomic E-state index is 15.4. The van der Waals surface area contributed by atoms with Gasteiger partial charge in [0.25, 0.3) is 0 Å². The van der Waals surface area contributed by atoms with Crippen LogP contribution in [0.3, 0.4) is 0 Å². The van der Waals surface area contributed by atoms with E-state index >= 15 is 4.39 Å². The van der Waals surface area contributed by atoms with Crippen molar-refractivity contribution in [3.8, 4) is 33.5 Å². The van der Waals surface area contributed by atoms with Crippen LogP contribution in [0.15, 0.2) is 73.7 Å². The van der Waals surface area contributed by atoms with Crippen LogP contribution in [0.1, 0.15) is 12.5 Å². The SMILES string of the molecule is C=CC(=O)Nc1cc(-c2c(-c3ccc(N4CCN(C)CC4)cc3)[nH]c3ncc(-c4cnn(CC)c4)cc23)cc(F)c1C. The number of nitrogens with zero attached hydrogens (tertiary/aromatic N) is 5. The predicted octanol–water partition coefficient (Wildman–Crippen LogP) is 6.10. The molecule has 0 atom stereocenters. The van der Waals surface area contributed by atoms with E-state index in [1.807, 2.05) is 36.3 Å². The first kappa shape index (κ1) is 27.4. The first-order valence-electron chi connectivity index (χ1n) is 14.2. The zero-order valence-electron chi connectivity index (χ0n) is 24.1. The van der Waals surface area contributed by atoms with Crippen LogP contribution >= 0.6 is 0 Å². The van der Waals surface area contributed by atoms with E-state index in [1.165, 1.54) is 17.8 Å². The number of aryl methyl sites for hydroxylation is 1. The van der Waals surface area contributed by atoms with E-state index < -0.39 is 11.7 Å². The normalized spacial score (nSPS) is 14.0. The number of rotatable bonds is 7. The van der Waals surface area contributed by atoms with Gasteiger partial charge in [-0.3, -0.25) is 9.48 Å². The molecule has 1 aliphatic rings. The van der Waals surface area contributed by atoms with Crippen LogP contribution in [-0.2, 0) is 11.3 Å². The predicted molar refractivity (Wildman–Crippen MR) is 167 cm³/mol. The Bertz CT molecular complexity index is 1780. The average molecular weight is 564 g/mol. The molecule has 2 N–H and O–H groups in total. The van der Waals surface area contributed by atoms with Crippen molar-refractivity contribution in [3.05, 3.63) is 85.1 Å². The van der Waals surface area contributed by atoms with E-state index in [2.05, 4.69) is 69.2 Å². The number of carbonyl (C=O) groups excluding carboxylic acids is 1. The molecule has 4 heterocycles. The van der Waals surface area contributed by atoms with E-state index in [9.17, 15) is 4.79 Å². The largest absolute Gasteiger partial charge is 0.369 e. The number of likely N-dealkylation sites (N-methyl/N-ethyl adjacent to an activating group) is 1. The van der Waals surface area contributed by atoms with Gasteiger partial charge in [0.05, 0.1) is 11.9 Å². The van der Waals surface area contributed by atoms with Crippen LogP contribution < -0.4 is 10.2 Å². The summed E-state index contributed by atoms with van der Waals surface area (Å²) in [7, 11) is 2.15. The summed E-state index contributed by atoms with van der Waals surface area (Å²) >= 11 is 0. The van der Waals surface area contributed by atoms with Crippen molar-refractivity contribution in [1.82, 2.24) is 24.6 Å². The topological polar surface area (TPSA) is 82.1 Å². The van der Waals surface area contributed by atoms with Crippen LogP contribution in [0.2, 0.25) is 0 Å². The maximum Gasteiger partial charge on any atom is 0.247 e. The highest BCUT2D eigenvalue weighted by Gasteiger charge is 2.21. The molecule has 0 radical (unpaired) electrons. The van der Waals surface area contributed by atoms with Crippen LogP contribution in [0.25, 0.3) is 44.5 Å². The molecule has 0 aliphatic carbocycles. The fraction of sp³-hybridized carbons (Fsp3) is 0.242. The lowest BCUT2D eigenvalue weighted by Gasteiger charge is -2.34. The Kier molecular flexibility index (Phi) is 7.34. The van der Waals surface area contributed by atoms with Crippen LogP contribution in [0.5, 0.6) is 0 Å². The number of aromatic amines is 1. The van der Waals surface area contributed by atoms with Crippen molar-refractivity contribution in [3.63, 3.8) is 0 Å². The summed E-state index contributed by atoms with van der Waals surface area (Å²) in [6.45, 7) is 12.0. The minimum atomic E-state index is -0.411. The minimum absolute atomic E-state index is 0.359. The summed E-state index contributed by atoms with van der Waals surface area (Å²) in [6.07, 6.45) is 6.81. The van der Waals surface area contributed by atoms with Gasteiger partial charge < -0.3 is 20.1 Å². The quantitative estimate of drug-likeness (QED) is 0.234. The van der Waals surface area contributed by atoms with Gasteiger partial charge in [0.2, 0.25) is 5.91 Å². The van der Waals surface area contributed by atoms with Crippen molar-refractivity contribution < 1.29 is 9.18 Å². The van der Waals surface area contributed by atoms with Gasteiger partial charge in [-0.25, -0.2) is 9.37 Å². The van der Waals surface area contributed by atoms with Crippen molar-refractivity contribution in [1.29, 1.82) is 0 Å². The lowest BCUT2D eigenvalue weighted by molar-refractivity contribution is -0.111. The molecular formula is C33H34FN7O. The monoisotopic (exact) mass is 563 g/mol. The molecule has 0 saturated carbocycles. The van der Waals surface area contributed by atoms with Gasteiger partial charge in [0.15, 0.2) is 0 Å². The molecule has 0 spiro atoms. The summed E-state index contributed by atoms with van der Waals surface area (Å²) in [5.74, 6) is -0.809. The Balaban J connectivity index is 1.50. The number of hydrogen-bond acceptors (Lipinski definition) is 5. The third kappa shape index (κ3) is 5.19. The van der Waals surface area contributed by atoms with Crippen molar-refractivity contribution >= 4 is 28.3 Å². The number of pyridine rings is 1. The molecular weight excluding hydrogens is 529 g/mol. The number of halogens is 1. The zero-order chi connectivity index (χ0) is 29.4. The number of aromatic nitrogens is 4. The van der Waals surface area contributed by atoms with E-state index in [-0.39, 0.29) is 0 Å². The summed E-state index contributed by atoms with van der Waals surface area (Å²) in [5.41, 5.74) is 7.70. The average Bonchev–Trinajstić information content (AvgIpc) is 3.64. The first-order valence-corrected chi connectivity index (χ1v) is 14.2. The lowest BCUT2D eigenvalue weighted by atomic mass is 9.96. The number of H-pyrrole nitrogens is 1. The number of piperazine rings is 1. The fourth-order valence-electron chi connectivity index (χ4n) is 5.47. The van der Waals surface area contributed by atoms with Crippen LogP contribution in [0, 0.1) is 12.7 Å². The molecule has 0 bridgehead atoms. The number of amides is 1. The molecule has 8 nitrogen and oxygen atoms in total. The molecule has 1 fully saturated rings. The lowest BCUT2D eigenvalue weighted by Crippen LogP contribution is -2.44. The van der Waals surface area contributed by atoms with Gasteiger partial charge in [-0.15, -0.1) is 0 Å². The number of nitrogens with one attached hydrogen (secondary N) is 2. The molecule has 5 aromatic rings. The summed E-state index contributed by atoms with van der Waals surface area (Å²) in [5, 5.41) is 8.03. The Morgan fingerprint density at radius 1 is 1.05 bits per heavy atom. The number of anilines is 2. The number of benzene rings is 2. The molecule has 6 rings (SSSR count). The molecule has 42 heavy (non-hydrogen) atoms. The van der Waals surface area contributed by atoms with E-state index in [1.54, 1.807) is 6.92 Å². The Morgan fingerprint density at radius 2 is 1.81 bits per heavy atom. The highest BCUT2D eigenvalue weighted by Crippen LogP contribution is 2.41. The summed E-state index contributed by atoms with van der Waals surface area (Å²) in [6, 6.07) is 13.9. The second kappa shape index (κ2) is 11.3. The highest BCUT2D eigenvalue weighted by molar-refractivity contribution is 6.05. The molecule has 3 aromatic heterocycles. The molecule has 2 aromatic carbocycles. The second-order valence-electron chi connectivity index (χ2n) is 10.7. The number of carbonyl (C=O) groups is 1. The number of hydrogen-bond donors (Lipinski definition) is 2. The van der Waals surface area contributed by atoms with Gasteiger partial charge in [-0.05, 0) is 68.4 Å². The third-order valence-electron chi connectivity index (χ3n) is 8.04. The van der Waals surface area contributed by atoms with Crippen molar-refractivity contribution in [2.45, 2.75) is 20.4 Å². The smallest absolute Gasteiger partial charge is 0.247 e. The third-order valence-corrected chi connectivity index (χ3v) is 8.04. The standard InChI is InChI=1S/C33H34FN7O/c1-5-30(42)37-29-17-23(16-28(34)21(29)3)31-27-15-24(25-19-36-41(6-2)20-25)18-35-33(27)38-32(31)22-7-9-26(10-8-22)40-13-11-39(4)12-14-40/h5,7-10,15-20H,1,6,11-14H2,2-4H3,(H,35,38)(H,37,42). The van der Waals surface area contributed by atoms with Crippen LogP contribution in [-0.4, -0.2) is 63.8 Å². The second-order valence-corrected chi connectivity index (χ2v) is 10.7. The fourth-order valence-corrected chi connectivity index (χ4v) is 5.47. The molecule has 1 aliphatic heterocycles. The Labute approximate surface area is 244 Å². The Morgan fingerprint density at radius 3 is 2.50 bits per heavy atom. The first-order chi connectivity index (χ1) is 20.3. The van der Waals surface area contributed by atoms with E-state index in [4.69, 9.17) is 4.98 Å². The molecule has 1 saturated heterocycles. The minimum Gasteiger partial charge on any atom is -0.369 e. The number of fused-ring (bicyclic) bond motifs is 1. The maximum absolute atomic E-state index is 15.4. The highest BCUT2D eigenvalue weighted by atomic mass is 19.1. The van der Waals surface area contributed by atoms with Gasteiger partial charge in [-0.2, -0.15) is 5.10 Å². The zero-order valence-corrected chi connectivity index (χ0v) is 24.1. The van der Waals surface area contributed by atoms with E-state index in [0.29, 0.717) is 22.5 Å². The van der Waals surface area contributed by atoms with Crippen molar-refractivity contribution in [2.24, 2.45) is 0 Å². The van der Waals surface area contributed by atoms with Crippen LogP contribution in [0.4, 0.5) is 15.8 Å². The van der Waals surface area contributed by atoms with Gasteiger partial charge in [-0.1, -0.05) is 18.7 Å². The molecule has 9 heteroatoms. The Hall–Kier alpha value is -4.76. The van der Waals surface area contributed by atoms with Gasteiger partial charge >= 0.3 is 0 Å². The summed E-state index contributed by atoms with van der Waals surface area (Å²) < 4.78 is 17.2. The van der Waals surface area contributed by atoms with Crippen molar-refractivity contribution in [2.75, 3.05) is 43.4 Å². The van der Waals surface area contributed by atoms with Gasteiger partial charge in [0, 0.05) is 84.1 Å². The molecule has 1 amide bonds. The summed E-state index contributed by atoms with van der Waals surface area (Å²) in [4.78, 5) is 25.2.